The van der Waals surface area contributed by atoms with Crippen LogP contribution in [0.5, 0.6) is 5.75 Å². The molecule has 3 rings (SSSR count). The van der Waals surface area contributed by atoms with E-state index in [2.05, 4.69) is 26.0 Å². The van der Waals surface area contributed by atoms with Crippen LogP contribution in [0.15, 0.2) is 18.2 Å². The highest BCUT2D eigenvalue weighted by Crippen LogP contribution is 2.44. The number of rotatable bonds is 5. The molecule has 0 spiro atoms. The molecule has 0 radical (unpaired) electrons. The van der Waals surface area contributed by atoms with Gasteiger partial charge in [0.1, 0.15) is 17.4 Å². The predicted octanol–water partition coefficient (Wildman–Crippen LogP) is 4.24. The molecule has 4 heteroatoms. The lowest BCUT2D eigenvalue weighted by Crippen LogP contribution is -2.05. The maximum atomic E-state index is 6.07. The van der Waals surface area contributed by atoms with Crippen molar-refractivity contribution in [1.82, 2.24) is 4.98 Å². The molecule has 21 heavy (non-hydrogen) atoms. The molecule has 1 aliphatic carbocycles. The minimum atomic E-state index is 0.0634. The van der Waals surface area contributed by atoms with Crippen LogP contribution in [-0.4, -0.2) is 4.98 Å². The molecule has 3 nitrogen and oxygen atoms in total. The number of aryl methyl sites for hydroxylation is 2. The first-order valence-corrected chi connectivity index (χ1v) is 8.31. The zero-order chi connectivity index (χ0) is 15.0. The van der Waals surface area contributed by atoms with Crippen molar-refractivity contribution >= 4 is 11.3 Å². The van der Waals surface area contributed by atoms with Crippen LogP contribution >= 0.6 is 11.3 Å². The summed E-state index contributed by atoms with van der Waals surface area (Å²) in [5, 5.41) is 1.03. The Morgan fingerprint density at radius 2 is 2.10 bits per heavy atom. The maximum Gasteiger partial charge on any atom is 0.140 e. The summed E-state index contributed by atoms with van der Waals surface area (Å²) < 4.78 is 5.88. The average Bonchev–Trinajstić information content (AvgIpc) is 3.20. The summed E-state index contributed by atoms with van der Waals surface area (Å²) in [6.07, 6.45) is 2.50. The number of hydrogen-bond acceptors (Lipinski definition) is 4. The summed E-state index contributed by atoms with van der Waals surface area (Å²) >= 11 is 1.70. The van der Waals surface area contributed by atoms with Crippen molar-refractivity contribution in [1.29, 1.82) is 0 Å². The third kappa shape index (κ3) is 3.27. The fraction of sp³-hybridized carbons (Fsp3) is 0.471. The molecule has 2 N–H and O–H groups in total. The molecule has 1 atom stereocenters. The molecular formula is C17H22N2OS. The predicted molar refractivity (Wildman–Crippen MR) is 86.9 cm³/mol. The van der Waals surface area contributed by atoms with Gasteiger partial charge >= 0.3 is 0 Å². The van der Waals surface area contributed by atoms with Gasteiger partial charge in [-0.05, 0) is 56.9 Å². The van der Waals surface area contributed by atoms with Gasteiger partial charge in [0, 0.05) is 16.8 Å². The van der Waals surface area contributed by atoms with E-state index in [0.29, 0.717) is 12.5 Å². The number of nitrogens with two attached hydrogens (primary N) is 1. The number of ether oxygens (including phenoxy) is 1. The molecule has 1 unspecified atom stereocenters. The van der Waals surface area contributed by atoms with Crippen molar-refractivity contribution in [3.8, 4) is 5.75 Å². The molecule has 1 saturated carbocycles. The first kappa shape index (κ1) is 14.5. The molecule has 1 aromatic carbocycles. The van der Waals surface area contributed by atoms with Gasteiger partial charge in [-0.1, -0.05) is 6.07 Å². The van der Waals surface area contributed by atoms with Gasteiger partial charge in [0.25, 0.3) is 0 Å². The molecular weight excluding hydrogens is 280 g/mol. The smallest absolute Gasteiger partial charge is 0.140 e. The minimum Gasteiger partial charge on any atom is -0.486 e. The van der Waals surface area contributed by atoms with Crippen molar-refractivity contribution in [2.75, 3.05) is 0 Å². The Bertz CT molecular complexity index is 625. The van der Waals surface area contributed by atoms with Gasteiger partial charge in [-0.25, -0.2) is 4.98 Å². The van der Waals surface area contributed by atoms with E-state index >= 15 is 0 Å². The van der Waals surface area contributed by atoms with Gasteiger partial charge in [-0.3, -0.25) is 0 Å². The lowest BCUT2D eigenvalue weighted by Gasteiger charge is -2.06. The second kappa shape index (κ2) is 5.78. The number of nitrogens with zero attached hydrogens (tertiary/aromatic N) is 1. The van der Waals surface area contributed by atoms with E-state index in [-0.39, 0.29) is 6.04 Å². The first-order valence-electron chi connectivity index (χ1n) is 7.49. The molecule has 0 saturated heterocycles. The average molecular weight is 302 g/mol. The first-order chi connectivity index (χ1) is 10.0. The molecule has 0 amide bonds. The summed E-state index contributed by atoms with van der Waals surface area (Å²) in [4.78, 5) is 5.99. The maximum absolute atomic E-state index is 6.07. The van der Waals surface area contributed by atoms with Gasteiger partial charge in [0.15, 0.2) is 0 Å². The van der Waals surface area contributed by atoms with Gasteiger partial charge < -0.3 is 10.5 Å². The van der Waals surface area contributed by atoms with Gasteiger partial charge in [0.05, 0.1) is 5.69 Å². The van der Waals surface area contributed by atoms with Crippen molar-refractivity contribution in [3.05, 3.63) is 44.9 Å². The standard InChI is InChI=1S/C17H22N2OS/c1-10-4-7-14(8-11(10)2)20-9-15-19-16(13-5-6-13)17(21-15)12(3)18/h4,7-8,12-13H,5-6,9,18H2,1-3H3. The summed E-state index contributed by atoms with van der Waals surface area (Å²) in [6, 6.07) is 6.25. The molecule has 0 bridgehead atoms. The molecule has 112 valence electrons. The number of hydrogen-bond donors (Lipinski definition) is 1. The summed E-state index contributed by atoms with van der Waals surface area (Å²) in [5.74, 6) is 1.54. The molecule has 1 fully saturated rings. The number of thiazole rings is 1. The Labute approximate surface area is 130 Å². The van der Waals surface area contributed by atoms with Gasteiger partial charge in [-0.2, -0.15) is 0 Å². The Morgan fingerprint density at radius 1 is 1.33 bits per heavy atom. The Hall–Kier alpha value is -1.39. The van der Waals surface area contributed by atoms with E-state index in [1.807, 2.05) is 13.0 Å². The van der Waals surface area contributed by atoms with E-state index < -0.39 is 0 Å². The Morgan fingerprint density at radius 3 is 2.71 bits per heavy atom. The lowest BCUT2D eigenvalue weighted by molar-refractivity contribution is 0.305. The fourth-order valence-electron chi connectivity index (χ4n) is 2.38. The Kier molecular flexibility index (Phi) is 4.00. The van der Waals surface area contributed by atoms with Crippen molar-refractivity contribution in [2.24, 2.45) is 5.73 Å². The van der Waals surface area contributed by atoms with E-state index in [0.717, 1.165) is 10.8 Å². The monoisotopic (exact) mass is 302 g/mol. The van der Waals surface area contributed by atoms with Crippen LogP contribution in [0.4, 0.5) is 0 Å². The highest BCUT2D eigenvalue weighted by Gasteiger charge is 2.30. The molecule has 2 aromatic rings. The van der Waals surface area contributed by atoms with E-state index in [1.54, 1.807) is 11.3 Å². The normalized spacial score (nSPS) is 16.0. The zero-order valence-corrected chi connectivity index (χ0v) is 13.7. The van der Waals surface area contributed by atoms with Crippen LogP contribution in [0.1, 0.15) is 58.4 Å². The van der Waals surface area contributed by atoms with Gasteiger partial charge in [0.2, 0.25) is 0 Å². The topological polar surface area (TPSA) is 48.1 Å². The third-order valence-corrected chi connectivity index (χ3v) is 5.19. The lowest BCUT2D eigenvalue weighted by atomic mass is 10.1. The van der Waals surface area contributed by atoms with E-state index in [1.165, 1.54) is 34.5 Å². The van der Waals surface area contributed by atoms with E-state index in [9.17, 15) is 0 Å². The van der Waals surface area contributed by atoms with Gasteiger partial charge in [-0.15, -0.1) is 11.3 Å². The minimum absolute atomic E-state index is 0.0634. The van der Waals surface area contributed by atoms with Crippen LogP contribution < -0.4 is 10.5 Å². The van der Waals surface area contributed by atoms with E-state index in [4.69, 9.17) is 15.5 Å². The molecule has 1 aliphatic rings. The summed E-state index contributed by atoms with van der Waals surface area (Å²) in [7, 11) is 0. The fourth-order valence-corrected chi connectivity index (χ4v) is 3.40. The Balaban J connectivity index is 1.72. The van der Waals surface area contributed by atoms with Crippen LogP contribution in [0.3, 0.4) is 0 Å². The molecule has 1 aromatic heterocycles. The number of benzene rings is 1. The van der Waals surface area contributed by atoms with Crippen LogP contribution in [0, 0.1) is 13.8 Å². The van der Waals surface area contributed by atoms with Crippen LogP contribution in [0.2, 0.25) is 0 Å². The van der Waals surface area contributed by atoms with Crippen molar-refractivity contribution in [3.63, 3.8) is 0 Å². The van der Waals surface area contributed by atoms with Crippen LogP contribution in [-0.2, 0) is 6.61 Å². The highest BCUT2D eigenvalue weighted by molar-refractivity contribution is 7.11. The highest BCUT2D eigenvalue weighted by atomic mass is 32.1. The zero-order valence-electron chi connectivity index (χ0n) is 12.8. The molecule has 0 aliphatic heterocycles. The van der Waals surface area contributed by atoms with Crippen LogP contribution in [0.25, 0.3) is 0 Å². The van der Waals surface area contributed by atoms with Crippen molar-refractivity contribution in [2.45, 2.75) is 52.2 Å². The second-order valence-corrected chi connectivity index (χ2v) is 7.07. The third-order valence-electron chi connectivity index (χ3n) is 3.94. The second-order valence-electron chi connectivity index (χ2n) is 5.95. The number of aromatic nitrogens is 1. The summed E-state index contributed by atoms with van der Waals surface area (Å²) in [5.41, 5.74) is 9.82. The SMILES string of the molecule is Cc1ccc(OCc2nc(C3CC3)c(C(C)N)s2)cc1C. The molecule has 1 heterocycles. The quantitative estimate of drug-likeness (QED) is 0.899. The van der Waals surface area contributed by atoms with Crippen molar-refractivity contribution < 1.29 is 4.74 Å². The largest absolute Gasteiger partial charge is 0.486 e. The summed E-state index contributed by atoms with van der Waals surface area (Å²) in [6.45, 7) is 6.77.